The molecule has 0 rings (SSSR count). The molecule has 0 aromatic heterocycles. The van der Waals surface area contributed by atoms with E-state index in [1.165, 1.54) is 193 Å². The molecule has 0 spiro atoms. The molecule has 0 radical (unpaired) electrons. The number of hydrogen-bond donors (Lipinski definition) is 3. The number of carbonyl (C=O) groups is 2. The number of esters is 1. The molecule has 2 unspecified atom stereocenters. The lowest BCUT2D eigenvalue weighted by atomic mass is 10.0. The van der Waals surface area contributed by atoms with Gasteiger partial charge in [-0.05, 0) is 51.4 Å². The fourth-order valence-electron chi connectivity index (χ4n) is 7.92. The van der Waals surface area contributed by atoms with Gasteiger partial charge in [0.1, 0.15) is 12.7 Å². The summed E-state index contributed by atoms with van der Waals surface area (Å²) in [6.45, 7) is 3.58. The van der Waals surface area contributed by atoms with Gasteiger partial charge in [-0.25, -0.2) is 4.57 Å². The average Bonchev–Trinajstić information content (AvgIpc) is 3.29. The van der Waals surface area contributed by atoms with Crippen molar-refractivity contribution in [2.45, 2.75) is 277 Å². The van der Waals surface area contributed by atoms with Crippen molar-refractivity contribution in [3.8, 4) is 0 Å². The van der Waals surface area contributed by atoms with Crippen LogP contribution in [0.5, 0.6) is 0 Å². The van der Waals surface area contributed by atoms with Crippen LogP contribution in [0.4, 0.5) is 0 Å². The summed E-state index contributed by atoms with van der Waals surface area (Å²) >= 11 is 0. The molecule has 0 saturated heterocycles. The number of nitrogens with one attached hydrogen (secondary N) is 1. The van der Waals surface area contributed by atoms with E-state index < -0.39 is 26.5 Å². The van der Waals surface area contributed by atoms with E-state index in [4.69, 9.17) is 13.8 Å². The summed E-state index contributed by atoms with van der Waals surface area (Å²) in [5, 5.41) is 12.8. The first kappa shape index (κ1) is 63.2. The third kappa shape index (κ3) is 53.1. The highest BCUT2D eigenvalue weighted by Crippen LogP contribution is 2.42. The smallest absolute Gasteiger partial charge is 0.463 e. The first-order valence-electron chi connectivity index (χ1n) is 27.5. The van der Waals surface area contributed by atoms with Crippen molar-refractivity contribution in [2.24, 2.45) is 0 Å². The van der Waals surface area contributed by atoms with E-state index >= 15 is 0 Å². The highest BCUT2D eigenvalue weighted by atomic mass is 31.2. The molecule has 0 aromatic rings. The van der Waals surface area contributed by atoms with Crippen LogP contribution in [0.2, 0.25) is 0 Å². The predicted octanol–water partition coefficient (Wildman–Crippen LogP) is 16.5. The molecule has 1 amide bonds. The molecule has 0 saturated carbocycles. The van der Waals surface area contributed by atoms with E-state index in [9.17, 15) is 24.2 Å². The minimum absolute atomic E-state index is 0.0847. The fourth-order valence-corrected chi connectivity index (χ4v) is 8.68. The van der Waals surface area contributed by atoms with Crippen molar-refractivity contribution in [3.63, 3.8) is 0 Å². The van der Waals surface area contributed by atoms with E-state index in [-0.39, 0.29) is 32.1 Å². The van der Waals surface area contributed by atoms with Gasteiger partial charge in [-0.15, -0.1) is 0 Å². The SMILES string of the molecule is CCCCC/C=C\C/C=C\C/C=C\CCCCCCCCCCCCC(=O)OCC(O)COP(=O)(O)OCCNC(=O)CCCCCCCCCCCCCCCCCCCCCCC. The van der Waals surface area contributed by atoms with Crippen molar-refractivity contribution < 1.29 is 37.9 Å². The van der Waals surface area contributed by atoms with Crippen LogP contribution in [0.1, 0.15) is 271 Å². The van der Waals surface area contributed by atoms with Crippen LogP contribution in [-0.4, -0.2) is 54.3 Å². The average molecular weight is 938 g/mol. The Morgan fingerprint density at radius 1 is 0.477 bits per heavy atom. The van der Waals surface area contributed by atoms with E-state index in [1.807, 2.05) is 0 Å². The van der Waals surface area contributed by atoms with Crippen LogP contribution in [0.15, 0.2) is 36.5 Å². The van der Waals surface area contributed by atoms with Gasteiger partial charge in [0, 0.05) is 19.4 Å². The Balaban J connectivity index is 3.53. The summed E-state index contributed by atoms with van der Waals surface area (Å²) in [4.78, 5) is 34.1. The largest absolute Gasteiger partial charge is 0.472 e. The molecule has 65 heavy (non-hydrogen) atoms. The maximum atomic E-state index is 12.2. The molecule has 0 aromatic carbocycles. The highest BCUT2D eigenvalue weighted by molar-refractivity contribution is 7.47. The number of hydrogen-bond acceptors (Lipinski definition) is 7. The van der Waals surface area contributed by atoms with Crippen LogP contribution in [-0.2, 0) is 27.9 Å². The van der Waals surface area contributed by atoms with Gasteiger partial charge in [0.05, 0.1) is 13.2 Å². The van der Waals surface area contributed by atoms with Crippen molar-refractivity contribution in [1.82, 2.24) is 5.32 Å². The molecule has 0 heterocycles. The van der Waals surface area contributed by atoms with Gasteiger partial charge in [0.2, 0.25) is 5.91 Å². The Kier molecular flexibility index (Phi) is 50.2. The Bertz CT molecular complexity index is 1160. The summed E-state index contributed by atoms with van der Waals surface area (Å²) in [5.74, 6) is -0.509. The third-order valence-electron chi connectivity index (χ3n) is 12.1. The van der Waals surface area contributed by atoms with Crippen LogP contribution in [0, 0.1) is 0 Å². The molecule has 0 fully saturated rings. The number of aliphatic hydroxyl groups excluding tert-OH is 1. The summed E-state index contributed by atoms with van der Waals surface area (Å²) in [6, 6.07) is 0. The maximum Gasteiger partial charge on any atom is 0.472 e. The van der Waals surface area contributed by atoms with E-state index in [0.29, 0.717) is 6.42 Å². The van der Waals surface area contributed by atoms with Crippen molar-refractivity contribution >= 4 is 19.7 Å². The van der Waals surface area contributed by atoms with Gasteiger partial charge >= 0.3 is 13.8 Å². The summed E-state index contributed by atoms with van der Waals surface area (Å²) in [7, 11) is -4.42. The van der Waals surface area contributed by atoms with Gasteiger partial charge < -0.3 is 20.1 Å². The standard InChI is InChI=1S/C55H104NO8P/c1-3-5-7-9-11-13-15-17-19-21-23-25-26-28-30-32-34-36-38-40-42-44-46-48-55(59)62-51-53(57)52-64-65(60,61)63-50-49-56-54(58)47-45-43-41-39-37-35-33-31-29-27-24-22-20-18-16-14-12-10-8-6-4-2/h11,13,17,19,23,25,53,57H,3-10,12,14-16,18,20-22,24,26-52H2,1-2H3,(H,56,58)(H,60,61)/b13-11-,19-17-,25-23-. The van der Waals surface area contributed by atoms with E-state index in [1.54, 1.807) is 0 Å². The number of ether oxygens (including phenoxy) is 1. The lowest BCUT2D eigenvalue weighted by molar-refractivity contribution is -0.147. The number of rotatable bonds is 52. The van der Waals surface area contributed by atoms with Crippen LogP contribution in [0.3, 0.4) is 0 Å². The number of phosphoric ester groups is 1. The number of carbonyl (C=O) groups excluding carboxylic acids is 2. The van der Waals surface area contributed by atoms with E-state index in [2.05, 4.69) is 55.6 Å². The number of unbranched alkanes of at least 4 members (excludes halogenated alkanes) is 33. The zero-order chi connectivity index (χ0) is 47.4. The third-order valence-corrected chi connectivity index (χ3v) is 13.1. The molecule has 2 atom stereocenters. The van der Waals surface area contributed by atoms with Crippen molar-refractivity contribution in [2.75, 3.05) is 26.4 Å². The van der Waals surface area contributed by atoms with Crippen LogP contribution < -0.4 is 5.32 Å². The number of amides is 1. The van der Waals surface area contributed by atoms with Crippen LogP contribution >= 0.6 is 7.82 Å². The summed E-state index contributed by atoms with van der Waals surface area (Å²) in [6.07, 6.45) is 60.9. The molecule has 3 N–H and O–H groups in total. The highest BCUT2D eigenvalue weighted by Gasteiger charge is 2.23. The number of phosphoric acid groups is 1. The zero-order valence-electron chi connectivity index (χ0n) is 42.4. The Morgan fingerprint density at radius 3 is 1.28 bits per heavy atom. The van der Waals surface area contributed by atoms with Gasteiger partial charge in [-0.2, -0.15) is 0 Å². The molecule has 0 bridgehead atoms. The van der Waals surface area contributed by atoms with Gasteiger partial charge in [0.15, 0.2) is 0 Å². The second-order valence-electron chi connectivity index (χ2n) is 18.6. The molecule has 0 aliphatic heterocycles. The first-order chi connectivity index (χ1) is 31.8. The zero-order valence-corrected chi connectivity index (χ0v) is 43.3. The molecular weight excluding hydrogens is 834 g/mol. The van der Waals surface area contributed by atoms with Gasteiger partial charge in [0.25, 0.3) is 0 Å². The van der Waals surface area contributed by atoms with Crippen molar-refractivity contribution in [3.05, 3.63) is 36.5 Å². The number of aliphatic hydroxyl groups is 1. The minimum Gasteiger partial charge on any atom is -0.463 e. The molecular formula is C55H104NO8P. The maximum absolute atomic E-state index is 12.2. The van der Waals surface area contributed by atoms with Gasteiger partial charge in [-0.3, -0.25) is 18.6 Å². The second-order valence-corrected chi connectivity index (χ2v) is 20.0. The van der Waals surface area contributed by atoms with Crippen molar-refractivity contribution in [1.29, 1.82) is 0 Å². The van der Waals surface area contributed by atoms with Crippen LogP contribution in [0.25, 0.3) is 0 Å². The molecule has 0 aliphatic rings. The molecule has 382 valence electrons. The summed E-state index contributed by atoms with van der Waals surface area (Å²) in [5.41, 5.74) is 0. The Morgan fingerprint density at radius 2 is 0.831 bits per heavy atom. The molecule has 10 heteroatoms. The predicted molar refractivity (Wildman–Crippen MR) is 275 cm³/mol. The molecule has 0 aliphatic carbocycles. The topological polar surface area (TPSA) is 131 Å². The minimum atomic E-state index is -4.42. The Hall–Kier alpha value is -1.77. The van der Waals surface area contributed by atoms with E-state index in [0.717, 1.165) is 51.4 Å². The monoisotopic (exact) mass is 938 g/mol. The quantitative estimate of drug-likeness (QED) is 0.0238. The first-order valence-corrected chi connectivity index (χ1v) is 29.0. The normalized spacial score (nSPS) is 13.4. The number of allylic oxidation sites excluding steroid dienone is 6. The summed E-state index contributed by atoms with van der Waals surface area (Å²) < 4.78 is 27.0. The lowest BCUT2D eigenvalue weighted by Crippen LogP contribution is -2.27. The lowest BCUT2D eigenvalue weighted by Gasteiger charge is -2.15. The Labute approximate surface area is 401 Å². The fraction of sp³-hybridized carbons (Fsp3) is 0.855. The van der Waals surface area contributed by atoms with Gasteiger partial charge in [-0.1, -0.05) is 243 Å². The molecule has 9 nitrogen and oxygen atoms in total. The second kappa shape index (κ2) is 51.6.